The molecule has 2 aromatic carbocycles. The van der Waals surface area contributed by atoms with E-state index < -0.39 is 0 Å². The number of para-hydroxylation sites is 3. The highest BCUT2D eigenvalue weighted by Crippen LogP contribution is 2.42. The lowest BCUT2D eigenvalue weighted by atomic mass is 10.1. The summed E-state index contributed by atoms with van der Waals surface area (Å²) in [6.07, 6.45) is -0.154. The van der Waals surface area contributed by atoms with Crippen LogP contribution in [0.15, 0.2) is 48.5 Å². The molecule has 0 saturated carbocycles. The zero-order chi connectivity index (χ0) is 17.1. The number of halogens is 1. The first-order valence-corrected chi connectivity index (χ1v) is 8.55. The van der Waals surface area contributed by atoms with Crippen LogP contribution in [0.3, 0.4) is 0 Å². The Bertz CT molecular complexity index is 1120. The van der Waals surface area contributed by atoms with Crippen LogP contribution >= 0.6 is 11.6 Å². The van der Waals surface area contributed by atoms with Crippen molar-refractivity contribution < 1.29 is 0 Å². The van der Waals surface area contributed by atoms with E-state index in [2.05, 4.69) is 33.2 Å². The van der Waals surface area contributed by atoms with Gasteiger partial charge in [-0.2, -0.15) is 5.10 Å². The zero-order valence-electron chi connectivity index (χ0n) is 13.9. The van der Waals surface area contributed by atoms with E-state index in [-0.39, 0.29) is 6.17 Å². The summed E-state index contributed by atoms with van der Waals surface area (Å²) < 4.78 is 3.93. The molecule has 1 aliphatic heterocycles. The van der Waals surface area contributed by atoms with E-state index in [1.54, 1.807) is 4.68 Å². The third-order valence-corrected chi connectivity index (χ3v) is 5.23. The minimum Gasteiger partial charge on any atom is -0.360 e. The summed E-state index contributed by atoms with van der Waals surface area (Å²) in [7, 11) is 1.86. The molecule has 0 radical (unpaired) electrons. The van der Waals surface area contributed by atoms with E-state index in [4.69, 9.17) is 16.6 Å². The SMILES string of the molecule is Cc1nn(C)c(Cl)c1[C@H]1Nc2ccccc2-c2nc3ccccc3n21. The second kappa shape index (κ2) is 5.10. The van der Waals surface area contributed by atoms with Gasteiger partial charge in [0.05, 0.1) is 22.3 Å². The molecule has 3 heterocycles. The van der Waals surface area contributed by atoms with Gasteiger partial charge in [-0.05, 0) is 31.2 Å². The number of hydrogen-bond donors (Lipinski definition) is 1. The number of nitrogens with one attached hydrogen (secondary N) is 1. The average Bonchev–Trinajstić information content (AvgIpc) is 3.12. The monoisotopic (exact) mass is 349 g/mol. The molecule has 0 saturated heterocycles. The van der Waals surface area contributed by atoms with E-state index in [1.807, 2.05) is 44.3 Å². The van der Waals surface area contributed by atoms with E-state index in [0.717, 1.165) is 39.4 Å². The van der Waals surface area contributed by atoms with Gasteiger partial charge < -0.3 is 5.32 Å². The molecular weight excluding hydrogens is 334 g/mol. The summed E-state index contributed by atoms with van der Waals surface area (Å²) >= 11 is 6.59. The summed E-state index contributed by atoms with van der Waals surface area (Å²) in [6.45, 7) is 1.99. The maximum Gasteiger partial charge on any atom is 0.145 e. The topological polar surface area (TPSA) is 47.7 Å². The van der Waals surface area contributed by atoms with E-state index in [0.29, 0.717) is 5.15 Å². The van der Waals surface area contributed by atoms with Gasteiger partial charge in [0.2, 0.25) is 0 Å². The molecule has 0 bridgehead atoms. The third-order valence-electron chi connectivity index (χ3n) is 4.78. The normalized spacial score (nSPS) is 15.7. The molecule has 5 rings (SSSR count). The van der Waals surface area contributed by atoms with Gasteiger partial charge in [0.15, 0.2) is 0 Å². The zero-order valence-corrected chi connectivity index (χ0v) is 14.6. The van der Waals surface area contributed by atoms with Crippen LogP contribution in [0.4, 0.5) is 5.69 Å². The Hall–Kier alpha value is -2.79. The second-order valence-corrected chi connectivity index (χ2v) is 6.66. The number of fused-ring (bicyclic) bond motifs is 5. The number of nitrogens with zero attached hydrogens (tertiary/aromatic N) is 4. The Balaban J connectivity index is 1.86. The molecule has 0 fully saturated rings. The second-order valence-electron chi connectivity index (χ2n) is 6.30. The summed E-state index contributed by atoms with van der Waals surface area (Å²) in [4.78, 5) is 4.89. The molecule has 25 heavy (non-hydrogen) atoms. The Kier molecular flexibility index (Phi) is 2.97. The molecule has 124 valence electrons. The van der Waals surface area contributed by atoms with Gasteiger partial charge in [-0.3, -0.25) is 9.25 Å². The Morgan fingerprint density at radius 3 is 2.64 bits per heavy atom. The molecule has 1 aliphatic rings. The first-order valence-electron chi connectivity index (χ1n) is 8.17. The smallest absolute Gasteiger partial charge is 0.145 e. The van der Waals surface area contributed by atoms with Crippen molar-refractivity contribution >= 4 is 28.3 Å². The Morgan fingerprint density at radius 1 is 1.08 bits per heavy atom. The molecule has 2 aromatic heterocycles. The van der Waals surface area contributed by atoms with Gasteiger partial charge in [0, 0.05) is 18.3 Å². The van der Waals surface area contributed by atoms with E-state index in [1.165, 1.54) is 0 Å². The lowest BCUT2D eigenvalue weighted by Crippen LogP contribution is -2.25. The first-order chi connectivity index (χ1) is 12.1. The van der Waals surface area contributed by atoms with Crippen LogP contribution in [0.1, 0.15) is 17.4 Å². The molecule has 1 atom stereocenters. The molecule has 6 heteroatoms. The quantitative estimate of drug-likeness (QED) is 0.555. The number of rotatable bonds is 1. The predicted molar refractivity (Wildman–Crippen MR) is 99.9 cm³/mol. The summed E-state index contributed by atoms with van der Waals surface area (Å²) in [6, 6.07) is 16.4. The predicted octanol–water partition coefficient (Wildman–Crippen LogP) is 4.37. The van der Waals surface area contributed by atoms with E-state index in [9.17, 15) is 0 Å². The first kappa shape index (κ1) is 14.5. The molecule has 4 aromatic rings. The number of aromatic nitrogens is 4. The van der Waals surface area contributed by atoms with Crippen molar-refractivity contribution in [1.29, 1.82) is 0 Å². The van der Waals surface area contributed by atoms with Crippen LogP contribution in [0.2, 0.25) is 5.15 Å². The number of hydrogen-bond acceptors (Lipinski definition) is 3. The van der Waals surface area contributed by atoms with Crippen molar-refractivity contribution in [2.45, 2.75) is 13.1 Å². The number of aryl methyl sites for hydroxylation is 2. The van der Waals surface area contributed by atoms with Crippen LogP contribution in [0, 0.1) is 6.92 Å². The third kappa shape index (κ3) is 1.96. The van der Waals surface area contributed by atoms with Crippen molar-refractivity contribution in [3.05, 3.63) is 64.9 Å². The molecule has 5 nitrogen and oxygen atoms in total. The summed E-state index contributed by atoms with van der Waals surface area (Å²) in [5, 5.41) is 8.76. The molecule has 0 spiro atoms. The van der Waals surface area contributed by atoms with Gasteiger partial charge in [0.1, 0.15) is 17.1 Å². The fraction of sp³-hybridized carbons (Fsp3) is 0.158. The average molecular weight is 350 g/mol. The Morgan fingerprint density at radius 2 is 1.84 bits per heavy atom. The molecule has 0 unspecified atom stereocenters. The van der Waals surface area contributed by atoms with Crippen LogP contribution < -0.4 is 5.32 Å². The minimum atomic E-state index is -0.154. The molecule has 1 N–H and O–H groups in total. The molecular formula is C19H16ClN5. The lowest BCUT2D eigenvalue weighted by Gasteiger charge is -2.30. The van der Waals surface area contributed by atoms with Crippen LogP contribution in [-0.2, 0) is 7.05 Å². The number of benzene rings is 2. The summed E-state index contributed by atoms with van der Waals surface area (Å²) in [5.41, 5.74) is 6.07. The van der Waals surface area contributed by atoms with Crippen molar-refractivity contribution in [2.75, 3.05) is 5.32 Å². The number of anilines is 1. The van der Waals surface area contributed by atoms with Gasteiger partial charge in [-0.25, -0.2) is 4.98 Å². The van der Waals surface area contributed by atoms with Crippen molar-refractivity contribution in [2.24, 2.45) is 7.05 Å². The van der Waals surface area contributed by atoms with Crippen LogP contribution in [-0.4, -0.2) is 19.3 Å². The van der Waals surface area contributed by atoms with Crippen molar-refractivity contribution in [3.8, 4) is 11.4 Å². The number of imidazole rings is 1. The van der Waals surface area contributed by atoms with Gasteiger partial charge in [-0.15, -0.1) is 0 Å². The highest BCUT2D eigenvalue weighted by atomic mass is 35.5. The lowest BCUT2D eigenvalue weighted by molar-refractivity contribution is 0.664. The van der Waals surface area contributed by atoms with Crippen LogP contribution in [0.5, 0.6) is 0 Å². The molecule has 0 aliphatic carbocycles. The highest BCUT2D eigenvalue weighted by molar-refractivity contribution is 6.30. The van der Waals surface area contributed by atoms with Gasteiger partial charge in [-0.1, -0.05) is 35.9 Å². The molecule has 0 amide bonds. The van der Waals surface area contributed by atoms with E-state index >= 15 is 0 Å². The largest absolute Gasteiger partial charge is 0.360 e. The summed E-state index contributed by atoms with van der Waals surface area (Å²) in [5.74, 6) is 0.944. The van der Waals surface area contributed by atoms with Crippen molar-refractivity contribution in [3.63, 3.8) is 0 Å². The fourth-order valence-electron chi connectivity index (χ4n) is 3.67. The standard InChI is InChI=1S/C19H16ClN5/c1-11-16(17(20)24(2)23-11)19-21-13-8-4-3-7-12(13)18-22-14-9-5-6-10-15(14)25(18)19/h3-10,19,21H,1-2H3/t19-/m0/s1. The fourth-order valence-corrected chi connectivity index (χ4v) is 3.95. The maximum absolute atomic E-state index is 6.59. The van der Waals surface area contributed by atoms with Gasteiger partial charge >= 0.3 is 0 Å². The minimum absolute atomic E-state index is 0.154. The Labute approximate surface area is 149 Å². The maximum atomic E-state index is 6.59. The van der Waals surface area contributed by atoms with Crippen molar-refractivity contribution in [1.82, 2.24) is 19.3 Å². The van der Waals surface area contributed by atoms with Crippen LogP contribution in [0.25, 0.3) is 22.4 Å². The highest BCUT2D eigenvalue weighted by Gasteiger charge is 2.31. The van der Waals surface area contributed by atoms with Gasteiger partial charge in [0.25, 0.3) is 0 Å².